The first-order valence-corrected chi connectivity index (χ1v) is 14.2. The minimum atomic E-state index is -3.76. The minimum Gasteiger partial charge on any atom is -0.497 e. The molecule has 3 aromatic rings. The summed E-state index contributed by atoms with van der Waals surface area (Å²) in [5, 5.41) is 13.9. The van der Waals surface area contributed by atoms with E-state index in [1.807, 2.05) is 36.4 Å². The molecule has 0 spiro atoms. The van der Waals surface area contributed by atoms with E-state index in [0.29, 0.717) is 31.0 Å². The molecule has 0 radical (unpaired) electrons. The monoisotopic (exact) mass is 536 g/mol. The maximum atomic E-state index is 13.6. The van der Waals surface area contributed by atoms with Gasteiger partial charge in [0.2, 0.25) is 5.91 Å². The van der Waals surface area contributed by atoms with Crippen molar-refractivity contribution in [3.05, 3.63) is 72.3 Å². The molecular weight excluding hydrogens is 504 g/mol. The molecule has 0 unspecified atom stereocenters. The summed E-state index contributed by atoms with van der Waals surface area (Å²) >= 11 is 0. The van der Waals surface area contributed by atoms with Crippen molar-refractivity contribution >= 4 is 21.7 Å². The van der Waals surface area contributed by atoms with Crippen LogP contribution in [0.2, 0.25) is 0 Å². The highest BCUT2D eigenvalue weighted by Gasteiger charge is 2.43. The zero-order valence-corrected chi connectivity index (χ0v) is 22.2. The number of benzene rings is 2. The Balaban J connectivity index is 1.35. The number of aromatic nitrogens is 1. The van der Waals surface area contributed by atoms with Gasteiger partial charge >= 0.3 is 0 Å². The molecular formula is C28H32N4O5S. The molecule has 0 atom stereocenters. The Labute approximate surface area is 223 Å². The number of methoxy groups -OCH3 is 1. The number of nitrogens with zero attached hydrogens (tertiary/aromatic N) is 3. The number of nitrogens with one attached hydrogen (secondary N) is 1. The lowest BCUT2D eigenvalue weighted by molar-refractivity contribution is -0.121. The smallest absolute Gasteiger partial charge is 0.256 e. The van der Waals surface area contributed by atoms with Crippen molar-refractivity contribution in [2.75, 3.05) is 32.2 Å². The summed E-state index contributed by atoms with van der Waals surface area (Å²) < 4.78 is 32.6. The third kappa shape index (κ3) is 4.92. The maximum absolute atomic E-state index is 13.6. The summed E-state index contributed by atoms with van der Waals surface area (Å²) in [5.41, 5.74) is 1.71. The minimum absolute atomic E-state index is 0.0784. The number of sulfonamides is 1. The number of aliphatic hydroxyl groups is 1. The van der Waals surface area contributed by atoms with E-state index in [0.717, 1.165) is 42.6 Å². The Hall–Kier alpha value is -3.31. The first kappa shape index (κ1) is 26.3. The van der Waals surface area contributed by atoms with Crippen molar-refractivity contribution in [2.45, 2.75) is 42.4 Å². The van der Waals surface area contributed by atoms with Crippen LogP contribution in [0.3, 0.4) is 0 Å². The van der Waals surface area contributed by atoms with Gasteiger partial charge in [-0.1, -0.05) is 43.2 Å². The molecule has 1 saturated carbocycles. The molecule has 38 heavy (non-hydrogen) atoms. The SMILES string of the molecule is COc1ccc(C2(C(=O)Nc3cccc(-c4ccc(S(=O)(=O)N5CCCN5CO)cc4)n3)CCCC2)cc1. The van der Waals surface area contributed by atoms with Gasteiger partial charge in [-0.3, -0.25) is 4.79 Å². The van der Waals surface area contributed by atoms with Crippen molar-refractivity contribution in [3.8, 4) is 17.0 Å². The van der Waals surface area contributed by atoms with Crippen LogP contribution in [0.15, 0.2) is 71.6 Å². The van der Waals surface area contributed by atoms with Crippen LogP contribution in [0.1, 0.15) is 37.7 Å². The molecule has 0 bridgehead atoms. The number of aliphatic hydroxyl groups excluding tert-OH is 1. The molecule has 2 aliphatic rings. The van der Waals surface area contributed by atoms with E-state index in [-0.39, 0.29) is 17.5 Å². The maximum Gasteiger partial charge on any atom is 0.256 e. The fourth-order valence-electron chi connectivity index (χ4n) is 5.41. The second kappa shape index (κ2) is 10.8. The molecule has 200 valence electrons. The fourth-order valence-corrected chi connectivity index (χ4v) is 6.94. The van der Waals surface area contributed by atoms with E-state index in [1.165, 1.54) is 9.42 Å². The molecule has 2 heterocycles. The van der Waals surface area contributed by atoms with Crippen molar-refractivity contribution in [1.29, 1.82) is 0 Å². The normalized spacial score (nSPS) is 17.9. The Morgan fingerprint density at radius 1 is 1.00 bits per heavy atom. The van der Waals surface area contributed by atoms with Gasteiger partial charge < -0.3 is 15.2 Å². The average Bonchev–Trinajstić information content (AvgIpc) is 3.65. The standard InChI is InChI=1S/C28H32N4O5S/c1-37-23-12-10-22(11-13-23)28(16-2-3-17-28)27(34)30-26-7-4-6-25(29-26)21-8-14-24(15-9-21)38(35,36)32-19-5-18-31(32)20-33/h4,6-15,33H,2-3,5,16-20H2,1H3,(H,29,30,34). The zero-order chi connectivity index (χ0) is 26.8. The summed E-state index contributed by atoms with van der Waals surface area (Å²) in [4.78, 5) is 18.4. The topological polar surface area (TPSA) is 112 Å². The van der Waals surface area contributed by atoms with Gasteiger partial charge in [-0.25, -0.2) is 18.4 Å². The van der Waals surface area contributed by atoms with Gasteiger partial charge in [0.15, 0.2) is 0 Å². The number of carbonyl (C=O) groups excluding carboxylic acids is 1. The Bertz CT molecular complexity index is 1390. The quantitative estimate of drug-likeness (QED) is 0.451. The summed E-state index contributed by atoms with van der Waals surface area (Å²) in [6.07, 6.45) is 4.17. The molecule has 1 aromatic heterocycles. The first-order valence-electron chi connectivity index (χ1n) is 12.8. The van der Waals surface area contributed by atoms with Crippen LogP contribution < -0.4 is 10.1 Å². The zero-order valence-electron chi connectivity index (χ0n) is 21.3. The van der Waals surface area contributed by atoms with Crippen molar-refractivity contribution in [1.82, 2.24) is 14.4 Å². The van der Waals surface area contributed by atoms with E-state index in [2.05, 4.69) is 10.3 Å². The van der Waals surface area contributed by atoms with Crippen LogP contribution in [0.4, 0.5) is 5.82 Å². The van der Waals surface area contributed by atoms with Gasteiger partial charge in [0.05, 0.1) is 23.1 Å². The van der Waals surface area contributed by atoms with Crippen LogP contribution in [-0.4, -0.2) is 60.8 Å². The van der Waals surface area contributed by atoms with Gasteiger partial charge in [-0.2, -0.15) is 0 Å². The number of pyridine rings is 1. The molecule has 1 amide bonds. The number of carbonyl (C=O) groups is 1. The molecule has 1 saturated heterocycles. The molecule has 2 aromatic carbocycles. The Morgan fingerprint density at radius 2 is 1.71 bits per heavy atom. The summed E-state index contributed by atoms with van der Waals surface area (Å²) in [6.45, 7) is 0.488. The van der Waals surface area contributed by atoms with Crippen molar-refractivity contribution < 1.29 is 23.1 Å². The second-order valence-corrected chi connectivity index (χ2v) is 11.5. The number of hydrogen-bond acceptors (Lipinski definition) is 7. The van der Waals surface area contributed by atoms with Gasteiger partial charge in [0.1, 0.15) is 18.3 Å². The Morgan fingerprint density at radius 3 is 2.37 bits per heavy atom. The average molecular weight is 537 g/mol. The first-order chi connectivity index (χ1) is 18.4. The number of ether oxygens (including phenoxy) is 1. The summed E-state index contributed by atoms with van der Waals surface area (Å²) in [7, 11) is -2.13. The van der Waals surface area contributed by atoms with Crippen LogP contribution in [0.25, 0.3) is 11.3 Å². The van der Waals surface area contributed by atoms with Gasteiger partial charge in [-0.15, -0.1) is 4.41 Å². The van der Waals surface area contributed by atoms with Gasteiger partial charge in [0.25, 0.3) is 10.0 Å². The van der Waals surface area contributed by atoms with E-state index in [1.54, 1.807) is 37.4 Å². The molecule has 5 rings (SSSR count). The lowest BCUT2D eigenvalue weighted by atomic mass is 9.78. The number of rotatable bonds is 8. The Kier molecular flexibility index (Phi) is 7.49. The highest BCUT2D eigenvalue weighted by Crippen LogP contribution is 2.42. The van der Waals surface area contributed by atoms with Crippen LogP contribution in [-0.2, 0) is 20.2 Å². The predicted molar refractivity (Wildman–Crippen MR) is 144 cm³/mol. The number of hydrazine groups is 1. The van der Waals surface area contributed by atoms with E-state index in [4.69, 9.17) is 4.74 Å². The molecule has 1 aliphatic carbocycles. The van der Waals surface area contributed by atoms with Crippen LogP contribution in [0, 0.1) is 0 Å². The van der Waals surface area contributed by atoms with Crippen LogP contribution >= 0.6 is 0 Å². The lowest BCUT2D eigenvalue weighted by Gasteiger charge is -2.28. The van der Waals surface area contributed by atoms with Crippen molar-refractivity contribution in [3.63, 3.8) is 0 Å². The molecule has 9 nitrogen and oxygen atoms in total. The molecule has 1 aliphatic heterocycles. The summed E-state index contributed by atoms with van der Waals surface area (Å²) in [5.74, 6) is 1.12. The highest BCUT2D eigenvalue weighted by molar-refractivity contribution is 7.89. The van der Waals surface area contributed by atoms with Gasteiger partial charge in [-0.05, 0) is 61.2 Å². The van der Waals surface area contributed by atoms with Gasteiger partial charge in [0, 0.05) is 18.7 Å². The van der Waals surface area contributed by atoms with Crippen molar-refractivity contribution in [2.24, 2.45) is 0 Å². The van der Waals surface area contributed by atoms with E-state index < -0.39 is 15.4 Å². The van der Waals surface area contributed by atoms with E-state index in [9.17, 15) is 18.3 Å². The number of amides is 1. The third-order valence-electron chi connectivity index (χ3n) is 7.49. The number of anilines is 1. The number of hydrogen-bond donors (Lipinski definition) is 2. The molecule has 2 fully saturated rings. The third-order valence-corrected chi connectivity index (χ3v) is 9.33. The molecule has 10 heteroatoms. The van der Waals surface area contributed by atoms with E-state index >= 15 is 0 Å². The highest BCUT2D eigenvalue weighted by atomic mass is 32.2. The summed E-state index contributed by atoms with van der Waals surface area (Å²) in [6, 6.07) is 19.6. The molecule has 2 N–H and O–H groups in total. The predicted octanol–water partition coefficient (Wildman–Crippen LogP) is 3.77. The second-order valence-electron chi connectivity index (χ2n) is 9.68. The van der Waals surface area contributed by atoms with Crippen LogP contribution in [0.5, 0.6) is 5.75 Å². The fraction of sp³-hybridized carbons (Fsp3) is 0.357. The largest absolute Gasteiger partial charge is 0.497 e. The lowest BCUT2D eigenvalue weighted by Crippen LogP contribution is -2.41.